The Morgan fingerprint density at radius 3 is 2.92 bits per heavy atom. The number of nitrogens with one attached hydrogen (secondary N) is 1. The number of hydrogen-bond acceptors (Lipinski definition) is 5. The molecule has 1 rings (SSSR count). The predicted molar refractivity (Wildman–Crippen MR) is 48.4 cm³/mol. The fourth-order valence-electron chi connectivity index (χ4n) is 0.685. The maximum Gasteiger partial charge on any atom is 0.250 e. The first kappa shape index (κ1) is 8.98. The Labute approximate surface area is 74.2 Å². The fraction of sp³-hybridized carbons (Fsp3) is 0. The summed E-state index contributed by atoms with van der Waals surface area (Å²) in [4.78, 5) is 13.1. The second kappa shape index (κ2) is 4.05. The van der Waals surface area contributed by atoms with Crippen LogP contribution in [-0.4, -0.2) is 9.91 Å². The minimum Gasteiger partial charge on any atom is -0.384 e. The van der Waals surface area contributed by atoms with Crippen molar-refractivity contribution in [1.82, 2.24) is 4.98 Å². The van der Waals surface area contributed by atoms with Crippen LogP contribution >= 0.6 is 0 Å². The molecule has 0 aliphatic carbocycles. The minimum absolute atomic E-state index is 0.406. The van der Waals surface area contributed by atoms with Crippen LogP contribution in [0.15, 0.2) is 30.7 Å². The van der Waals surface area contributed by atoms with E-state index in [1.54, 1.807) is 12.1 Å². The number of nitro groups is 1. The van der Waals surface area contributed by atoms with E-state index in [1.807, 2.05) is 0 Å². The highest BCUT2D eigenvalue weighted by Crippen LogP contribution is 2.06. The molecular weight excluding hydrogens is 172 g/mol. The maximum absolute atomic E-state index is 9.89. The first-order valence-corrected chi connectivity index (χ1v) is 3.47. The Kier molecular flexibility index (Phi) is 2.80. The van der Waals surface area contributed by atoms with E-state index in [4.69, 9.17) is 5.73 Å². The Morgan fingerprint density at radius 2 is 2.38 bits per heavy atom. The molecule has 1 aromatic rings. The second-order valence-electron chi connectivity index (χ2n) is 2.22. The molecule has 6 heteroatoms. The molecule has 3 N–H and O–H groups in total. The molecule has 1 aromatic heterocycles. The zero-order valence-corrected chi connectivity index (χ0v) is 6.68. The summed E-state index contributed by atoms with van der Waals surface area (Å²) in [5.74, 6) is 0.406. The number of nitrogens with two attached hydrogens (primary N) is 1. The number of nitrogens with zero attached hydrogens (tertiary/aromatic N) is 2. The van der Waals surface area contributed by atoms with Crippen molar-refractivity contribution in [1.29, 1.82) is 0 Å². The SMILES string of the molecule is Nc1ccc(NC=C[N+](=O)[O-])cn1. The topological polar surface area (TPSA) is 94.1 Å². The summed E-state index contributed by atoms with van der Waals surface area (Å²) < 4.78 is 0. The van der Waals surface area contributed by atoms with E-state index in [0.29, 0.717) is 11.5 Å². The smallest absolute Gasteiger partial charge is 0.250 e. The number of nitrogen functional groups attached to an aromatic ring is 1. The first-order chi connectivity index (χ1) is 6.18. The molecule has 0 bridgehead atoms. The molecule has 0 fully saturated rings. The number of pyridine rings is 1. The van der Waals surface area contributed by atoms with E-state index in [1.165, 1.54) is 12.4 Å². The van der Waals surface area contributed by atoms with Crippen LogP contribution in [0.2, 0.25) is 0 Å². The number of rotatable bonds is 3. The molecule has 0 spiro atoms. The van der Waals surface area contributed by atoms with E-state index < -0.39 is 4.92 Å². The zero-order chi connectivity index (χ0) is 9.68. The molecule has 0 atom stereocenters. The van der Waals surface area contributed by atoms with Gasteiger partial charge in [0.25, 0.3) is 0 Å². The van der Waals surface area contributed by atoms with Crippen molar-refractivity contribution in [2.24, 2.45) is 0 Å². The van der Waals surface area contributed by atoms with Gasteiger partial charge in [-0.05, 0) is 12.1 Å². The standard InChI is InChI=1S/C7H8N4O2/c8-7-2-1-6(5-10-7)9-3-4-11(12)13/h1-5,9H,(H2,8,10). The second-order valence-corrected chi connectivity index (χ2v) is 2.22. The van der Waals surface area contributed by atoms with E-state index in [9.17, 15) is 10.1 Å². The Morgan fingerprint density at radius 1 is 1.62 bits per heavy atom. The van der Waals surface area contributed by atoms with Crippen molar-refractivity contribution in [3.63, 3.8) is 0 Å². The van der Waals surface area contributed by atoms with Crippen LogP contribution in [0.1, 0.15) is 0 Å². The normalized spacial score (nSPS) is 10.2. The predicted octanol–water partition coefficient (Wildman–Crippen LogP) is 0.824. The molecule has 0 aromatic carbocycles. The van der Waals surface area contributed by atoms with Crippen LogP contribution in [0.3, 0.4) is 0 Å². The highest BCUT2D eigenvalue weighted by atomic mass is 16.6. The number of anilines is 2. The quantitative estimate of drug-likeness (QED) is 0.530. The monoisotopic (exact) mass is 180 g/mol. The van der Waals surface area contributed by atoms with E-state index in [-0.39, 0.29) is 0 Å². The van der Waals surface area contributed by atoms with Crippen molar-refractivity contribution in [3.8, 4) is 0 Å². The van der Waals surface area contributed by atoms with Crippen LogP contribution in [0.25, 0.3) is 0 Å². The summed E-state index contributed by atoms with van der Waals surface area (Å²) >= 11 is 0. The van der Waals surface area contributed by atoms with Gasteiger partial charge in [0.15, 0.2) is 0 Å². The Hall–Kier alpha value is -2.11. The molecule has 6 nitrogen and oxygen atoms in total. The lowest BCUT2D eigenvalue weighted by molar-refractivity contribution is -0.402. The van der Waals surface area contributed by atoms with Gasteiger partial charge in [-0.25, -0.2) is 4.98 Å². The van der Waals surface area contributed by atoms with Gasteiger partial charge in [0.05, 0.1) is 23.0 Å². The molecule has 13 heavy (non-hydrogen) atoms. The summed E-state index contributed by atoms with van der Waals surface area (Å²) in [5.41, 5.74) is 5.98. The third-order valence-corrected chi connectivity index (χ3v) is 1.23. The Bertz CT molecular complexity index is 320. The lowest BCUT2D eigenvalue weighted by Crippen LogP contribution is -1.93. The molecule has 0 aliphatic heterocycles. The highest BCUT2D eigenvalue weighted by Gasteiger charge is 1.89. The van der Waals surface area contributed by atoms with Gasteiger partial charge in [0, 0.05) is 0 Å². The van der Waals surface area contributed by atoms with Crippen LogP contribution in [0, 0.1) is 10.1 Å². The lowest BCUT2D eigenvalue weighted by Gasteiger charge is -1.97. The third-order valence-electron chi connectivity index (χ3n) is 1.23. The molecule has 0 amide bonds. The van der Waals surface area contributed by atoms with Gasteiger partial charge in [0.2, 0.25) is 6.20 Å². The van der Waals surface area contributed by atoms with Crippen LogP contribution in [0.5, 0.6) is 0 Å². The summed E-state index contributed by atoms with van der Waals surface area (Å²) in [7, 11) is 0. The van der Waals surface area contributed by atoms with Gasteiger partial charge in [-0.2, -0.15) is 0 Å². The zero-order valence-electron chi connectivity index (χ0n) is 6.68. The average Bonchev–Trinajstić information content (AvgIpc) is 2.08. The summed E-state index contributed by atoms with van der Waals surface area (Å²) in [6.45, 7) is 0. The van der Waals surface area contributed by atoms with Crippen molar-refractivity contribution in [3.05, 3.63) is 40.8 Å². The maximum atomic E-state index is 9.89. The molecule has 1 heterocycles. The van der Waals surface area contributed by atoms with Crippen LogP contribution in [0.4, 0.5) is 11.5 Å². The molecular formula is C7H8N4O2. The lowest BCUT2D eigenvalue weighted by atomic mass is 10.4. The van der Waals surface area contributed by atoms with E-state index in [0.717, 1.165) is 6.20 Å². The molecule has 0 aliphatic rings. The molecule has 0 saturated carbocycles. The van der Waals surface area contributed by atoms with Gasteiger partial charge in [0.1, 0.15) is 5.82 Å². The number of hydrogen-bond donors (Lipinski definition) is 2. The summed E-state index contributed by atoms with van der Waals surface area (Å²) in [6, 6.07) is 3.27. The highest BCUT2D eigenvalue weighted by molar-refractivity contribution is 5.46. The van der Waals surface area contributed by atoms with Crippen LogP contribution < -0.4 is 11.1 Å². The largest absolute Gasteiger partial charge is 0.384 e. The molecule has 68 valence electrons. The number of aromatic nitrogens is 1. The summed E-state index contributed by atoms with van der Waals surface area (Å²) in [6.07, 6.45) is 3.50. The van der Waals surface area contributed by atoms with E-state index in [2.05, 4.69) is 10.3 Å². The van der Waals surface area contributed by atoms with Gasteiger partial charge in [-0.15, -0.1) is 0 Å². The molecule has 0 saturated heterocycles. The van der Waals surface area contributed by atoms with Crippen molar-refractivity contribution in [2.75, 3.05) is 11.1 Å². The van der Waals surface area contributed by atoms with Crippen molar-refractivity contribution >= 4 is 11.5 Å². The summed E-state index contributed by atoms with van der Waals surface area (Å²) in [5, 5.41) is 12.5. The fourth-order valence-corrected chi connectivity index (χ4v) is 0.685. The van der Waals surface area contributed by atoms with Gasteiger partial charge in [-0.3, -0.25) is 10.1 Å². The van der Waals surface area contributed by atoms with Gasteiger partial charge in [-0.1, -0.05) is 0 Å². The molecule has 0 radical (unpaired) electrons. The Balaban J connectivity index is 2.55. The van der Waals surface area contributed by atoms with Crippen LogP contribution in [-0.2, 0) is 0 Å². The molecule has 0 unspecified atom stereocenters. The van der Waals surface area contributed by atoms with Crippen molar-refractivity contribution in [2.45, 2.75) is 0 Å². The van der Waals surface area contributed by atoms with Gasteiger partial charge >= 0.3 is 0 Å². The van der Waals surface area contributed by atoms with E-state index >= 15 is 0 Å². The van der Waals surface area contributed by atoms with Gasteiger partial charge < -0.3 is 11.1 Å². The minimum atomic E-state index is -0.558. The average molecular weight is 180 g/mol. The van der Waals surface area contributed by atoms with Crippen molar-refractivity contribution < 1.29 is 4.92 Å². The first-order valence-electron chi connectivity index (χ1n) is 3.47. The third kappa shape index (κ3) is 3.19.